The summed E-state index contributed by atoms with van der Waals surface area (Å²) in [4.78, 5) is 21.1. The van der Waals surface area contributed by atoms with Crippen LogP contribution < -0.4 is 5.32 Å². The number of hydrogen-bond donors (Lipinski definition) is 1. The minimum Gasteiger partial charge on any atom is -0.317 e. The summed E-state index contributed by atoms with van der Waals surface area (Å²) in [6, 6.07) is 9.81. The molecule has 3 heterocycles. The van der Waals surface area contributed by atoms with E-state index in [0.29, 0.717) is 17.0 Å². The molecule has 2 aromatic heterocycles. The highest BCUT2D eigenvalue weighted by molar-refractivity contribution is 7.14. The highest BCUT2D eigenvalue weighted by atomic mass is 32.1. The molecule has 0 unspecified atom stereocenters. The Labute approximate surface area is 151 Å². The number of piperazine rings is 1. The molecule has 3 rings (SSSR count). The second-order valence-electron chi connectivity index (χ2n) is 6.01. The van der Waals surface area contributed by atoms with Crippen molar-refractivity contribution < 1.29 is 4.79 Å². The Morgan fingerprint density at radius 3 is 2.76 bits per heavy atom. The molecule has 2 aromatic rings. The van der Waals surface area contributed by atoms with Gasteiger partial charge in [0.05, 0.1) is 11.3 Å². The van der Waals surface area contributed by atoms with Crippen molar-refractivity contribution in [3.63, 3.8) is 0 Å². The van der Waals surface area contributed by atoms with Crippen LogP contribution in [0.5, 0.6) is 0 Å². The third-order valence-corrected chi connectivity index (χ3v) is 5.10. The van der Waals surface area contributed by atoms with Crippen LogP contribution in [0.15, 0.2) is 35.8 Å². The molecule has 1 fully saturated rings. The Morgan fingerprint density at radius 1 is 1.24 bits per heavy atom. The van der Waals surface area contributed by atoms with Crippen LogP contribution in [-0.2, 0) is 11.3 Å². The first-order valence-electron chi connectivity index (χ1n) is 8.36. The van der Waals surface area contributed by atoms with E-state index in [-0.39, 0.29) is 5.91 Å². The number of pyridine rings is 1. The van der Waals surface area contributed by atoms with Gasteiger partial charge < -0.3 is 10.2 Å². The van der Waals surface area contributed by atoms with Crippen molar-refractivity contribution in [3.8, 4) is 6.07 Å². The summed E-state index contributed by atoms with van der Waals surface area (Å²) in [5, 5.41) is 14.3. The van der Waals surface area contributed by atoms with E-state index in [1.165, 1.54) is 11.3 Å². The Morgan fingerprint density at radius 2 is 2.04 bits per heavy atom. The van der Waals surface area contributed by atoms with E-state index in [1.807, 2.05) is 23.7 Å². The van der Waals surface area contributed by atoms with Gasteiger partial charge in [-0.2, -0.15) is 5.26 Å². The number of carbonyl (C=O) groups is 1. The van der Waals surface area contributed by atoms with Gasteiger partial charge in [-0.15, -0.1) is 11.3 Å². The monoisotopic (exact) mass is 355 g/mol. The van der Waals surface area contributed by atoms with Gasteiger partial charge in [0.1, 0.15) is 11.1 Å². The molecule has 1 aliphatic rings. The molecule has 25 heavy (non-hydrogen) atoms. The third kappa shape index (κ3) is 5.10. The van der Waals surface area contributed by atoms with E-state index in [0.717, 1.165) is 45.0 Å². The number of nitrogens with one attached hydrogen (secondary N) is 1. The number of hydrogen-bond acceptors (Lipinski definition) is 6. The minimum atomic E-state index is -0.0325. The summed E-state index contributed by atoms with van der Waals surface area (Å²) in [7, 11) is 0. The maximum Gasteiger partial charge on any atom is 0.226 e. The van der Waals surface area contributed by atoms with E-state index in [9.17, 15) is 4.79 Å². The minimum absolute atomic E-state index is 0.0325. The number of nitriles is 1. The number of anilines is 1. The molecular weight excluding hydrogens is 334 g/mol. The van der Waals surface area contributed by atoms with Crippen LogP contribution in [-0.4, -0.2) is 53.4 Å². The van der Waals surface area contributed by atoms with Gasteiger partial charge in [-0.1, -0.05) is 6.07 Å². The third-order valence-electron chi connectivity index (χ3n) is 4.27. The van der Waals surface area contributed by atoms with E-state index >= 15 is 0 Å². The SMILES string of the molecule is N#Cc1ccsc1NC(=O)CCN1CCN(Cc2ccccn2)CC1. The first-order chi connectivity index (χ1) is 12.2. The van der Waals surface area contributed by atoms with Gasteiger partial charge >= 0.3 is 0 Å². The van der Waals surface area contributed by atoms with Gasteiger partial charge in [0.2, 0.25) is 5.91 Å². The zero-order valence-corrected chi connectivity index (χ0v) is 14.8. The summed E-state index contributed by atoms with van der Waals surface area (Å²) in [6.45, 7) is 5.52. The van der Waals surface area contributed by atoms with Crippen molar-refractivity contribution in [1.29, 1.82) is 5.26 Å². The largest absolute Gasteiger partial charge is 0.317 e. The van der Waals surface area contributed by atoms with E-state index in [2.05, 4.69) is 32.2 Å². The van der Waals surface area contributed by atoms with Gasteiger partial charge in [0.15, 0.2) is 0 Å². The summed E-state index contributed by atoms with van der Waals surface area (Å²) in [6.07, 6.45) is 2.28. The molecule has 0 aromatic carbocycles. The van der Waals surface area contributed by atoms with Crippen LogP contribution in [0.4, 0.5) is 5.00 Å². The molecule has 0 bridgehead atoms. The molecule has 7 heteroatoms. The van der Waals surface area contributed by atoms with E-state index in [4.69, 9.17) is 5.26 Å². The number of nitrogens with zero attached hydrogens (tertiary/aromatic N) is 4. The second kappa shape index (κ2) is 8.72. The summed E-state index contributed by atoms with van der Waals surface area (Å²) >= 11 is 1.38. The first-order valence-corrected chi connectivity index (χ1v) is 9.24. The summed E-state index contributed by atoms with van der Waals surface area (Å²) in [5.74, 6) is -0.0325. The van der Waals surface area contributed by atoms with Gasteiger partial charge in [-0.05, 0) is 23.6 Å². The quantitative estimate of drug-likeness (QED) is 0.860. The zero-order chi connectivity index (χ0) is 17.5. The maximum absolute atomic E-state index is 12.1. The van der Waals surface area contributed by atoms with Crippen molar-refractivity contribution >= 4 is 22.2 Å². The molecule has 1 amide bonds. The van der Waals surface area contributed by atoms with E-state index < -0.39 is 0 Å². The Balaban J connectivity index is 1.38. The molecule has 0 spiro atoms. The fourth-order valence-corrected chi connectivity index (χ4v) is 3.59. The fraction of sp³-hybridized carbons (Fsp3) is 0.389. The molecule has 0 atom stereocenters. The van der Waals surface area contributed by atoms with Crippen molar-refractivity contribution in [2.75, 3.05) is 38.0 Å². The molecule has 1 N–H and O–H groups in total. The molecule has 1 saturated heterocycles. The lowest BCUT2D eigenvalue weighted by Crippen LogP contribution is -2.46. The van der Waals surface area contributed by atoms with Crippen molar-refractivity contribution in [2.45, 2.75) is 13.0 Å². The van der Waals surface area contributed by atoms with Crippen LogP contribution in [0.1, 0.15) is 17.7 Å². The van der Waals surface area contributed by atoms with Gasteiger partial charge in [-0.25, -0.2) is 0 Å². The second-order valence-corrected chi connectivity index (χ2v) is 6.93. The standard InChI is InChI=1S/C18H21N5OS/c19-13-15-5-12-25-18(15)21-17(24)4-7-22-8-10-23(11-9-22)14-16-3-1-2-6-20-16/h1-3,5-6,12H,4,7-11,14H2,(H,21,24). The number of thiophene rings is 1. The topological polar surface area (TPSA) is 72.3 Å². The molecule has 0 saturated carbocycles. The van der Waals surface area contributed by atoms with Crippen LogP contribution in [0.3, 0.4) is 0 Å². The summed E-state index contributed by atoms with van der Waals surface area (Å²) < 4.78 is 0. The Bertz CT molecular complexity index is 731. The van der Waals surface area contributed by atoms with Gasteiger partial charge in [0, 0.05) is 51.9 Å². The van der Waals surface area contributed by atoms with Crippen molar-refractivity contribution in [1.82, 2.24) is 14.8 Å². The molecule has 0 aliphatic carbocycles. The van der Waals surface area contributed by atoms with Gasteiger partial charge in [0.25, 0.3) is 0 Å². The highest BCUT2D eigenvalue weighted by Crippen LogP contribution is 2.22. The normalized spacial score (nSPS) is 15.6. The number of aromatic nitrogens is 1. The predicted molar refractivity (Wildman–Crippen MR) is 98.2 cm³/mol. The molecule has 6 nitrogen and oxygen atoms in total. The number of rotatable bonds is 6. The Hall–Kier alpha value is -2.27. The highest BCUT2D eigenvalue weighted by Gasteiger charge is 2.18. The average Bonchev–Trinajstić information content (AvgIpc) is 3.09. The van der Waals surface area contributed by atoms with Crippen molar-refractivity contribution in [3.05, 3.63) is 47.1 Å². The smallest absolute Gasteiger partial charge is 0.226 e. The van der Waals surface area contributed by atoms with Crippen LogP contribution in [0, 0.1) is 11.3 Å². The number of amides is 1. The fourth-order valence-electron chi connectivity index (χ4n) is 2.83. The zero-order valence-electron chi connectivity index (χ0n) is 14.0. The predicted octanol–water partition coefficient (Wildman–Crippen LogP) is 2.16. The molecule has 130 valence electrons. The lowest BCUT2D eigenvalue weighted by atomic mass is 10.2. The van der Waals surface area contributed by atoms with Crippen LogP contribution in [0.2, 0.25) is 0 Å². The lowest BCUT2D eigenvalue weighted by molar-refractivity contribution is -0.116. The summed E-state index contributed by atoms with van der Waals surface area (Å²) in [5.41, 5.74) is 1.63. The van der Waals surface area contributed by atoms with Gasteiger partial charge in [-0.3, -0.25) is 14.7 Å². The van der Waals surface area contributed by atoms with Crippen LogP contribution >= 0.6 is 11.3 Å². The lowest BCUT2D eigenvalue weighted by Gasteiger charge is -2.34. The average molecular weight is 355 g/mol. The van der Waals surface area contributed by atoms with Crippen LogP contribution in [0.25, 0.3) is 0 Å². The van der Waals surface area contributed by atoms with Crippen molar-refractivity contribution in [2.24, 2.45) is 0 Å². The Kier molecular flexibility index (Phi) is 6.12. The maximum atomic E-state index is 12.1. The molecule has 1 aliphatic heterocycles. The molecule has 0 radical (unpaired) electrons. The molecular formula is C18H21N5OS. The first kappa shape index (κ1) is 17.5. The van der Waals surface area contributed by atoms with E-state index in [1.54, 1.807) is 6.07 Å². The number of carbonyl (C=O) groups excluding carboxylic acids is 1.